The minimum absolute atomic E-state index is 0.0515. The van der Waals surface area contributed by atoms with Crippen molar-refractivity contribution in [2.24, 2.45) is 0 Å². The number of aliphatic hydroxyl groups excluding tert-OH is 1. The number of hydrogen-bond donors (Lipinski definition) is 4. The molecule has 13 heteroatoms. The number of aromatic nitrogens is 4. The first-order chi connectivity index (χ1) is 19.3. The Morgan fingerprint density at radius 1 is 0.900 bits per heavy atom. The van der Waals surface area contributed by atoms with Gasteiger partial charge >= 0.3 is 0 Å². The first kappa shape index (κ1) is 26.5. The van der Waals surface area contributed by atoms with Gasteiger partial charge in [-0.3, -0.25) is 9.52 Å². The molecule has 2 heterocycles. The van der Waals surface area contributed by atoms with Gasteiger partial charge in [0, 0.05) is 17.4 Å². The molecule has 0 radical (unpaired) electrons. The van der Waals surface area contributed by atoms with Crippen LogP contribution in [0.1, 0.15) is 15.9 Å². The summed E-state index contributed by atoms with van der Waals surface area (Å²) in [4.78, 5) is 21.5. The van der Waals surface area contributed by atoms with Crippen molar-refractivity contribution < 1.29 is 23.1 Å². The van der Waals surface area contributed by atoms with Crippen LogP contribution in [0.4, 0.5) is 23.0 Å². The third-order valence-corrected chi connectivity index (χ3v) is 7.03. The summed E-state index contributed by atoms with van der Waals surface area (Å²) in [6, 6.07) is 19.3. The summed E-state index contributed by atoms with van der Waals surface area (Å²) < 4.78 is 34.7. The number of nitrogens with zero attached hydrogens (tertiary/aromatic N) is 4. The third kappa shape index (κ3) is 5.95. The van der Waals surface area contributed by atoms with Crippen molar-refractivity contribution in [1.82, 2.24) is 20.2 Å². The van der Waals surface area contributed by atoms with Gasteiger partial charge in [-0.25, -0.2) is 18.4 Å². The molecule has 0 atom stereocenters. The molecule has 4 N–H and O–H groups in total. The smallest absolute Gasteiger partial charge is 0.263 e. The molecule has 12 nitrogen and oxygen atoms in total. The lowest BCUT2D eigenvalue weighted by Gasteiger charge is -2.15. The fourth-order valence-corrected chi connectivity index (χ4v) is 4.85. The number of methoxy groups -OCH3 is 1. The lowest BCUT2D eigenvalue weighted by Crippen LogP contribution is -2.17. The van der Waals surface area contributed by atoms with Gasteiger partial charge in [-0.15, -0.1) is 0 Å². The van der Waals surface area contributed by atoms with Crippen molar-refractivity contribution in [2.75, 3.05) is 22.5 Å². The van der Waals surface area contributed by atoms with E-state index in [1.54, 1.807) is 48.5 Å². The molecule has 0 bridgehead atoms. The summed E-state index contributed by atoms with van der Waals surface area (Å²) >= 11 is 0. The third-order valence-electron chi connectivity index (χ3n) is 5.70. The lowest BCUT2D eigenvalue weighted by molar-refractivity contribution is 0.102. The number of anilines is 4. The van der Waals surface area contributed by atoms with Crippen molar-refractivity contribution in [3.05, 3.63) is 96.3 Å². The number of nitrogens with one attached hydrogen (secondary N) is 3. The molecule has 0 saturated carbocycles. The highest BCUT2D eigenvalue weighted by atomic mass is 32.2. The molecular weight excluding hydrogens is 534 g/mol. The largest absolute Gasteiger partial charge is 0.497 e. The number of ether oxygens (including phenoxy) is 1. The maximum Gasteiger partial charge on any atom is 0.263 e. The van der Waals surface area contributed by atoms with Crippen molar-refractivity contribution >= 4 is 50.0 Å². The number of rotatable bonds is 9. The highest BCUT2D eigenvalue weighted by Gasteiger charge is 2.20. The Morgan fingerprint density at radius 2 is 1.68 bits per heavy atom. The molecular formula is C27H23N7O5S. The summed E-state index contributed by atoms with van der Waals surface area (Å²) in [5.74, 6) is 0.106. The maximum absolute atomic E-state index is 13.5. The van der Waals surface area contributed by atoms with Crippen LogP contribution in [-0.2, 0) is 16.6 Å². The zero-order chi connectivity index (χ0) is 28.1. The number of fused-ring (bicyclic) bond motifs is 1. The Labute approximate surface area is 229 Å². The Morgan fingerprint density at radius 3 is 2.38 bits per heavy atom. The minimum atomic E-state index is -4.18. The van der Waals surface area contributed by atoms with Gasteiger partial charge in [0.1, 0.15) is 5.75 Å². The molecule has 0 spiro atoms. The predicted molar refractivity (Wildman–Crippen MR) is 149 cm³/mol. The van der Waals surface area contributed by atoms with Crippen LogP contribution < -0.4 is 20.1 Å². The predicted octanol–water partition coefficient (Wildman–Crippen LogP) is 3.72. The molecule has 0 aliphatic heterocycles. The molecule has 3 aromatic carbocycles. The fraction of sp³-hybridized carbons (Fsp3) is 0.0741. The van der Waals surface area contributed by atoms with E-state index >= 15 is 0 Å². The number of hydrogen-bond acceptors (Lipinski definition) is 10. The number of aliphatic hydroxyl groups is 1. The van der Waals surface area contributed by atoms with E-state index in [9.17, 15) is 18.3 Å². The second-order valence-electron chi connectivity index (χ2n) is 8.48. The standard InChI is InChI=1S/C27H23N7O5S/c1-39-21-12-17(16-35)11-20(13-21)30-25-26(33-24-8-3-2-7-23(24)32-25)34-40(37,38)22-6-4-5-19(14-22)31-27(36)18-9-10-28-29-15-18/h2-15,35H,16H2,1H3,(H,30,32)(H,31,36)(H,33,34). The molecule has 2 aromatic heterocycles. The Hall–Kier alpha value is -5.14. The van der Waals surface area contributed by atoms with Gasteiger partial charge in [0.2, 0.25) is 0 Å². The van der Waals surface area contributed by atoms with Crippen LogP contribution in [0, 0.1) is 0 Å². The summed E-state index contributed by atoms with van der Waals surface area (Å²) in [6.45, 7) is -0.223. The summed E-state index contributed by atoms with van der Waals surface area (Å²) in [5, 5.41) is 22.7. The van der Waals surface area contributed by atoms with Crippen LogP contribution >= 0.6 is 0 Å². The SMILES string of the molecule is COc1cc(CO)cc(Nc2nc3ccccc3nc2NS(=O)(=O)c2cccc(NC(=O)c3ccnnc3)c2)c1. The molecule has 40 heavy (non-hydrogen) atoms. The zero-order valence-corrected chi connectivity index (χ0v) is 21.9. The molecule has 0 fully saturated rings. The average Bonchev–Trinajstić information content (AvgIpc) is 2.97. The Bertz CT molecular complexity index is 1780. The molecule has 0 aliphatic rings. The normalized spacial score (nSPS) is 11.2. The van der Waals surface area contributed by atoms with Crippen molar-refractivity contribution in [2.45, 2.75) is 11.5 Å². The molecule has 0 saturated heterocycles. The van der Waals surface area contributed by atoms with Gasteiger partial charge < -0.3 is 20.5 Å². The fourth-order valence-electron chi connectivity index (χ4n) is 3.79. The minimum Gasteiger partial charge on any atom is -0.497 e. The second-order valence-corrected chi connectivity index (χ2v) is 10.2. The van der Waals surface area contributed by atoms with Crippen molar-refractivity contribution in [3.8, 4) is 5.75 Å². The van der Waals surface area contributed by atoms with E-state index < -0.39 is 15.9 Å². The average molecular weight is 558 g/mol. The first-order valence-electron chi connectivity index (χ1n) is 11.9. The van der Waals surface area contributed by atoms with Gasteiger partial charge in [0.25, 0.3) is 15.9 Å². The monoisotopic (exact) mass is 557 g/mol. The molecule has 0 unspecified atom stereocenters. The van der Waals surface area contributed by atoms with E-state index in [1.807, 2.05) is 0 Å². The summed E-state index contributed by atoms with van der Waals surface area (Å²) in [6.07, 6.45) is 2.68. The van der Waals surface area contributed by atoms with Crippen LogP contribution in [-0.4, -0.2) is 46.7 Å². The van der Waals surface area contributed by atoms with Gasteiger partial charge in [-0.2, -0.15) is 10.2 Å². The quantitative estimate of drug-likeness (QED) is 0.210. The highest BCUT2D eigenvalue weighted by Crippen LogP contribution is 2.30. The molecule has 202 valence electrons. The number of sulfonamides is 1. The van der Waals surface area contributed by atoms with E-state index in [2.05, 4.69) is 35.5 Å². The van der Waals surface area contributed by atoms with Gasteiger partial charge in [0.05, 0.1) is 47.6 Å². The number of amides is 1. The van der Waals surface area contributed by atoms with E-state index in [0.717, 1.165) is 0 Å². The van der Waals surface area contributed by atoms with Gasteiger partial charge in [-0.1, -0.05) is 18.2 Å². The topological polar surface area (TPSA) is 168 Å². The Balaban J connectivity index is 1.48. The lowest BCUT2D eigenvalue weighted by atomic mass is 10.2. The van der Waals surface area contributed by atoms with Crippen LogP contribution in [0.2, 0.25) is 0 Å². The van der Waals surface area contributed by atoms with Crippen molar-refractivity contribution in [1.29, 1.82) is 0 Å². The van der Waals surface area contributed by atoms with Gasteiger partial charge in [0.15, 0.2) is 11.6 Å². The van der Waals surface area contributed by atoms with Gasteiger partial charge in [-0.05, 0) is 54.1 Å². The van der Waals surface area contributed by atoms with Crippen LogP contribution in [0.3, 0.4) is 0 Å². The van der Waals surface area contributed by atoms with E-state index in [0.29, 0.717) is 28.0 Å². The first-order valence-corrected chi connectivity index (χ1v) is 13.4. The number of carbonyl (C=O) groups is 1. The highest BCUT2D eigenvalue weighted by molar-refractivity contribution is 7.92. The summed E-state index contributed by atoms with van der Waals surface area (Å²) in [7, 11) is -2.68. The Kier molecular flexibility index (Phi) is 7.48. The van der Waals surface area contributed by atoms with Crippen LogP contribution in [0.25, 0.3) is 11.0 Å². The second kappa shape index (κ2) is 11.3. The molecule has 5 aromatic rings. The van der Waals surface area contributed by atoms with E-state index in [1.165, 1.54) is 43.8 Å². The number of benzene rings is 3. The molecule has 5 rings (SSSR count). The van der Waals surface area contributed by atoms with E-state index in [4.69, 9.17) is 4.74 Å². The van der Waals surface area contributed by atoms with Crippen molar-refractivity contribution in [3.63, 3.8) is 0 Å². The summed E-state index contributed by atoms with van der Waals surface area (Å²) in [5.41, 5.74) is 2.63. The number of carbonyl (C=O) groups excluding carboxylic acids is 1. The molecule has 1 amide bonds. The number of para-hydroxylation sites is 2. The molecule has 0 aliphatic carbocycles. The van der Waals surface area contributed by atoms with E-state index in [-0.39, 0.29) is 34.4 Å². The maximum atomic E-state index is 13.5. The van der Waals surface area contributed by atoms with Crippen LogP contribution in [0.15, 0.2) is 90.1 Å². The zero-order valence-electron chi connectivity index (χ0n) is 21.1. The van der Waals surface area contributed by atoms with Crippen LogP contribution in [0.5, 0.6) is 5.75 Å².